The van der Waals surface area contributed by atoms with Gasteiger partial charge < -0.3 is 16.4 Å². The van der Waals surface area contributed by atoms with E-state index in [1.54, 1.807) is 0 Å². The van der Waals surface area contributed by atoms with Gasteiger partial charge in [-0.2, -0.15) is 0 Å². The van der Waals surface area contributed by atoms with E-state index in [0.717, 1.165) is 6.42 Å². The Labute approximate surface area is 104 Å². The molecule has 0 fully saturated rings. The normalized spacial score (nSPS) is 11.1. The summed E-state index contributed by atoms with van der Waals surface area (Å²) in [7, 11) is 0. The molecule has 0 rings (SSSR count). The van der Waals surface area contributed by atoms with Gasteiger partial charge >= 0.3 is 0 Å². The zero-order chi connectivity index (χ0) is 13.3. The fraction of sp³-hybridized carbons (Fsp3) is 0.833. The fourth-order valence-electron chi connectivity index (χ4n) is 1.18. The zero-order valence-electron chi connectivity index (χ0n) is 11.1. The van der Waals surface area contributed by atoms with E-state index in [4.69, 9.17) is 5.73 Å². The number of hydrogen-bond donors (Lipinski definition) is 3. The van der Waals surface area contributed by atoms with Gasteiger partial charge in [-0.25, -0.2) is 0 Å². The van der Waals surface area contributed by atoms with E-state index >= 15 is 0 Å². The lowest BCUT2D eigenvalue weighted by atomic mass is 10.1. The minimum Gasteiger partial charge on any atom is -0.356 e. The number of nitrogens with two attached hydrogens (primary N) is 1. The third-order valence-electron chi connectivity index (χ3n) is 2.12. The molecule has 100 valence electrons. The van der Waals surface area contributed by atoms with Crippen molar-refractivity contribution in [3.63, 3.8) is 0 Å². The van der Waals surface area contributed by atoms with Crippen LogP contribution in [0.15, 0.2) is 0 Å². The standard InChI is InChI=1S/C12H25N3O2/c1-4-8-14-10(16)6-5-7-11(17)15-9-12(2,3)13/h4-9,13H2,1-3H3,(H,14,16)(H,15,17). The molecule has 5 heteroatoms. The predicted molar refractivity (Wildman–Crippen MR) is 68.4 cm³/mol. The first-order valence-electron chi connectivity index (χ1n) is 6.17. The van der Waals surface area contributed by atoms with E-state index in [2.05, 4.69) is 10.6 Å². The smallest absolute Gasteiger partial charge is 0.220 e. The highest BCUT2D eigenvalue weighted by Gasteiger charge is 2.12. The van der Waals surface area contributed by atoms with Gasteiger partial charge in [0.25, 0.3) is 0 Å². The first kappa shape index (κ1) is 15.9. The molecular weight excluding hydrogens is 218 g/mol. The summed E-state index contributed by atoms with van der Waals surface area (Å²) < 4.78 is 0. The highest BCUT2D eigenvalue weighted by Crippen LogP contribution is 1.97. The Morgan fingerprint density at radius 1 is 1.12 bits per heavy atom. The SMILES string of the molecule is CCCNC(=O)CCCC(=O)NCC(C)(C)N. The van der Waals surface area contributed by atoms with Crippen LogP contribution in [0, 0.1) is 0 Å². The summed E-state index contributed by atoms with van der Waals surface area (Å²) >= 11 is 0. The summed E-state index contributed by atoms with van der Waals surface area (Å²) in [4.78, 5) is 22.6. The highest BCUT2D eigenvalue weighted by molar-refractivity contribution is 5.78. The molecule has 5 nitrogen and oxygen atoms in total. The molecule has 0 aromatic carbocycles. The van der Waals surface area contributed by atoms with Crippen LogP contribution >= 0.6 is 0 Å². The van der Waals surface area contributed by atoms with Crippen LogP contribution in [0.1, 0.15) is 46.5 Å². The first-order valence-corrected chi connectivity index (χ1v) is 6.17. The van der Waals surface area contributed by atoms with Crippen LogP contribution in [-0.4, -0.2) is 30.4 Å². The lowest BCUT2D eigenvalue weighted by Gasteiger charge is -2.18. The van der Waals surface area contributed by atoms with Gasteiger partial charge in [-0.15, -0.1) is 0 Å². The molecule has 0 saturated heterocycles. The van der Waals surface area contributed by atoms with Crippen molar-refractivity contribution >= 4 is 11.8 Å². The number of carbonyl (C=O) groups is 2. The number of hydrogen-bond acceptors (Lipinski definition) is 3. The Kier molecular flexibility index (Phi) is 7.54. The minimum absolute atomic E-state index is 0.0128. The zero-order valence-corrected chi connectivity index (χ0v) is 11.1. The van der Waals surface area contributed by atoms with E-state index in [-0.39, 0.29) is 11.8 Å². The minimum atomic E-state index is -0.395. The lowest BCUT2D eigenvalue weighted by molar-refractivity contribution is -0.122. The van der Waals surface area contributed by atoms with Crippen molar-refractivity contribution in [1.82, 2.24) is 10.6 Å². The van der Waals surface area contributed by atoms with Crippen molar-refractivity contribution in [2.75, 3.05) is 13.1 Å². The number of amides is 2. The van der Waals surface area contributed by atoms with Crippen molar-refractivity contribution in [3.8, 4) is 0 Å². The molecule has 0 unspecified atom stereocenters. The van der Waals surface area contributed by atoms with Gasteiger partial charge in [0.05, 0.1) is 0 Å². The second-order valence-electron chi connectivity index (χ2n) is 4.97. The van der Waals surface area contributed by atoms with Crippen LogP contribution in [0.2, 0.25) is 0 Å². The summed E-state index contributed by atoms with van der Waals surface area (Å²) in [6.07, 6.45) is 2.28. The third kappa shape index (κ3) is 11.2. The summed E-state index contributed by atoms with van der Waals surface area (Å²) in [6.45, 7) is 6.86. The van der Waals surface area contributed by atoms with Gasteiger partial charge in [0.1, 0.15) is 0 Å². The Morgan fingerprint density at radius 3 is 2.12 bits per heavy atom. The molecule has 0 saturated carbocycles. The molecule has 0 heterocycles. The molecule has 0 spiro atoms. The molecule has 2 amide bonds. The van der Waals surface area contributed by atoms with Crippen molar-refractivity contribution in [2.45, 2.75) is 52.0 Å². The largest absolute Gasteiger partial charge is 0.356 e. The monoisotopic (exact) mass is 243 g/mol. The second kappa shape index (κ2) is 8.06. The van der Waals surface area contributed by atoms with Gasteiger partial charge in [0.15, 0.2) is 0 Å². The average molecular weight is 243 g/mol. The molecule has 17 heavy (non-hydrogen) atoms. The van der Waals surface area contributed by atoms with Crippen LogP contribution < -0.4 is 16.4 Å². The van der Waals surface area contributed by atoms with E-state index in [0.29, 0.717) is 32.4 Å². The van der Waals surface area contributed by atoms with Gasteiger partial charge in [-0.3, -0.25) is 9.59 Å². The maximum atomic E-state index is 11.4. The van der Waals surface area contributed by atoms with Gasteiger partial charge in [0.2, 0.25) is 11.8 Å². The van der Waals surface area contributed by atoms with Crippen LogP contribution in [0.5, 0.6) is 0 Å². The van der Waals surface area contributed by atoms with Crippen molar-refractivity contribution in [2.24, 2.45) is 5.73 Å². The molecule has 0 aromatic heterocycles. The first-order chi connectivity index (χ1) is 7.85. The number of nitrogens with one attached hydrogen (secondary N) is 2. The lowest BCUT2D eigenvalue weighted by Crippen LogP contribution is -2.45. The van der Waals surface area contributed by atoms with Gasteiger partial charge in [-0.1, -0.05) is 6.92 Å². The Morgan fingerprint density at radius 2 is 1.65 bits per heavy atom. The predicted octanol–water partition coefficient (Wildman–Crippen LogP) is 0.536. The molecule has 0 aliphatic carbocycles. The second-order valence-corrected chi connectivity index (χ2v) is 4.97. The molecule has 0 aliphatic rings. The topological polar surface area (TPSA) is 84.2 Å². The summed E-state index contributed by atoms with van der Waals surface area (Å²) in [5.41, 5.74) is 5.34. The van der Waals surface area contributed by atoms with E-state index in [9.17, 15) is 9.59 Å². The molecule has 0 aromatic rings. The quantitative estimate of drug-likeness (QED) is 0.581. The van der Waals surface area contributed by atoms with Crippen LogP contribution in [0.4, 0.5) is 0 Å². The number of rotatable bonds is 8. The Hall–Kier alpha value is -1.10. The summed E-state index contributed by atoms with van der Waals surface area (Å²) in [5, 5.41) is 5.52. The molecular formula is C12H25N3O2. The Bertz CT molecular complexity index is 247. The highest BCUT2D eigenvalue weighted by atomic mass is 16.2. The maximum Gasteiger partial charge on any atom is 0.220 e. The molecule has 0 aliphatic heterocycles. The van der Waals surface area contributed by atoms with Crippen LogP contribution in [0.25, 0.3) is 0 Å². The molecule has 0 bridgehead atoms. The molecule has 4 N–H and O–H groups in total. The average Bonchev–Trinajstić information content (AvgIpc) is 2.22. The van der Waals surface area contributed by atoms with Crippen LogP contribution in [-0.2, 0) is 9.59 Å². The van der Waals surface area contributed by atoms with Crippen LogP contribution in [0.3, 0.4) is 0 Å². The summed E-state index contributed by atoms with van der Waals surface area (Å²) in [6, 6.07) is 0. The fourth-order valence-corrected chi connectivity index (χ4v) is 1.18. The summed E-state index contributed by atoms with van der Waals surface area (Å²) in [5.74, 6) is -0.0365. The molecule has 0 atom stereocenters. The van der Waals surface area contributed by atoms with Gasteiger partial charge in [-0.05, 0) is 26.7 Å². The van der Waals surface area contributed by atoms with E-state index in [1.807, 2.05) is 20.8 Å². The van der Waals surface area contributed by atoms with Gasteiger partial charge in [0, 0.05) is 31.5 Å². The number of carbonyl (C=O) groups excluding carboxylic acids is 2. The van der Waals surface area contributed by atoms with Crippen molar-refractivity contribution in [3.05, 3.63) is 0 Å². The maximum absolute atomic E-state index is 11.4. The Balaban J connectivity index is 3.54. The third-order valence-corrected chi connectivity index (χ3v) is 2.12. The van der Waals surface area contributed by atoms with Crippen molar-refractivity contribution < 1.29 is 9.59 Å². The molecule has 0 radical (unpaired) electrons. The van der Waals surface area contributed by atoms with E-state index in [1.165, 1.54) is 0 Å². The van der Waals surface area contributed by atoms with Crippen molar-refractivity contribution in [1.29, 1.82) is 0 Å². The van der Waals surface area contributed by atoms with E-state index < -0.39 is 5.54 Å².